The number of hydrogen-bond donors (Lipinski definition) is 0. The van der Waals surface area contributed by atoms with Crippen LogP contribution in [0, 0.1) is 11.8 Å². The number of carbonyl (C=O) groups is 1. The normalized spacial score (nSPS) is 12.6. The van der Waals surface area contributed by atoms with Crippen molar-refractivity contribution in [3.05, 3.63) is 76.0 Å². The van der Waals surface area contributed by atoms with Crippen molar-refractivity contribution in [2.75, 3.05) is 6.26 Å². The summed E-state index contributed by atoms with van der Waals surface area (Å²) in [5.41, 5.74) is 1.42. The largest absolute Gasteiger partial charge is 0.327 e. The maximum absolute atomic E-state index is 12.9. The van der Waals surface area contributed by atoms with Gasteiger partial charge in [0.2, 0.25) is 0 Å². The van der Waals surface area contributed by atoms with Gasteiger partial charge in [0.1, 0.15) is 5.69 Å². The molecule has 2 aromatic heterocycles. The molecule has 28 heavy (non-hydrogen) atoms. The fraction of sp³-hybridized carbons (Fsp3) is 0.105. The standard InChI is InChI=1S/C19H14Cl2N4O2S/c1-25-12-23-11-17(25)4-3-13-5-14(10-22-9-13)19(26)24-28(2,27)18-7-15(20)6-16(21)8-18/h5-12H,1-2H3. The summed E-state index contributed by atoms with van der Waals surface area (Å²) in [6.07, 6.45) is 7.50. The molecule has 3 aromatic rings. The molecule has 0 radical (unpaired) electrons. The summed E-state index contributed by atoms with van der Waals surface area (Å²) in [7, 11) is -1.21. The van der Waals surface area contributed by atoms with Crippen LogP contribution >= 0.6 is 23.2 Å². The lowest BCUT2D eigenvalue weighted by Gasteiger charge is -2.05. The molecule has 0 saturated heterocycles. The Kier molecular flexibility index (Phi) is 5.84. The van der Waals surface area contributed by atoms with Crippen molar-refractivity contribution in [1.29, 1.82) is 0 Å². The number of amides is 1. The molecule has 3 rings (SSSR count). The minimum Gasteiger partial charge on any atom is -0.327 e. The van der Waals surface area contributed by atoms with Gasteiger partial charge in [-0.1, -0.05) is 29.1 Å². The quantitative estimate of drug-likeness (QED) is 0.576. The summed E-state index contributed by atoms with van der Waals surface area (Å²) in [5.74, 6) is 5.20. The Balaban J connectivity index is 1.93. The van der Waals surface area contributed by atoms with E-state index in [1.54, 1.807) is 23.2 Å². The van der Waals surface area contributed by atoms with Crippen LogP contribution in [0.5, 0.6) is 0 Å². The van der Waals surface area contributed by atoms with Crippen LogP contribution in [0.15, 0.2) is 58.4 Å². The summed E-state index contributed by atoms with van der Waals surface area (Å²) in [6.45, 7) is 0. The number of hydrogen-bond acceptors (Lipinski definition) is 4. The molecule has 0 bridgehead atoms. The molecular formula is C19H14Cl2N4O2S. The molecule has 1 unspecified atom stereocenters. The highest BCUT2D eigenvalue weighted by Gasteiger charge is 2.13. The second-order valence-corrected chi connectivity index (χ2v) is 9.04. The average molecular weight is 433 g/mol. The van der Waals surface area contributed by atoms with Gasteiger partial charge in [0.05, 0.1) is 32.7 Å². The minimum atomic E-state index is -3.04. The number of pyridine rings is 1. The number of benzene rings is 1. The Bertz CT molecular complexity index is 1230. The molecule has 2 heterocycles. The van der Waals surface area contributed by atoms with Gasteiger partial charge >= 0.3 is 0 Å². The molecule has 1 aromatic carbocycles. The van der Waals surface area contributed by atoms with E-state index in [2.05, 4.69) is 26.2 Å². The van der Waals surface area contributed by atoms with Gasteiger partial charge in [0.15, 0.2) is 0 Å². The van der Waals surface area contributed by atoms with Gasteiger partial charge in [0.25, 0.3) is 5.91 Å². The van der Waals surface area contributed by atoms with E-state index in [4.69, 9.17) is 23.2 Å². The first-order chi connectivity index (χ1) is 13.2. The molecule has 1 amide bonds. The van der Waals surface area contributed by atoms with Crippen molar-refractivity contribution < 1.29 is 9.00 Å². The average Bonchev–Trinajstić information content (AvgIpc) is 3.04. The Labute approximate surface area is 172 Å². The minimum absolute atomic E-state index is 0.180. The summed E-state index contributed by atoms with van der Waals surface area (Å²) in [4.78, 5) is 20.8. The summed E-state index contributed by atoms with van der Waals surface area (Å²) >= 11 is 11.9. The second kappa shape index (κ2) is 8.15. The molecular weight excluding hydrogens is 419 g/mol. The fourth-order valence-corrected chi connectivity index (χ4v) is 4.12. The summed E-state index contributed by atoms with van der Waals surface area (Å²) in [5, 5.41) is 0.627. The molecule has 0 saturated carbocycles. The zero-order valence-electron chi connectivity index (χ0n) is 14.9. The highest BCUT2D eigenvalue weighted by Crippen LogP contribution is 2.23. The van der Waals surface area contributed by atoms with E-state index in [1.807, 2.05) is 7.05 Å². The van der Waals surface area contributed by atoms with Crippen LogP contribution < -0.4 is 0 Å². The van der Waals surface area contributed by atoms with E-state index < -0.39 is 15.6 Å². The van der Waals surface area contributed by atoms with E-state index in [0.717, 1.165) is 5.69 Å². The Morgan fingerprint density at radius 1 is 1.07 bits per heavy atom. The van der Waals surface area contributed by atoms with Gasteiger partial charge in [-0.2, -0.15) is 4.36 Å². The predicted octanol–water partition coefficient (Wildman–Crippen LogP) is 3.82. The molecule has 0 aliphatic heterocycles. The van der Waals surface area contributed by atoms with E-state index in [1.165, 1.54) is 36.8 Å². The Morgan fingerprint density at radius 2 is 1.79 bits per heavy atom. The number of carbonyl (C=O) groups excluding carboxylic acids is 1. The van der Waals surface area contributed by atoms with Crippen LogP contribution in [0.25, 0.3) is 0 Å². The maximum atomic E-state index is 12.9. The van der Waals surface area contributed by atoms with Crippen LogP contribution in [0.3, 0.4) is 0 Å². The smallest absolute Gasteiger partial charge is 0.286 e. The van der Waals surface area contributed by atoms with Crippen LogP contribution in [0.4, 0.5) is 0 Å². The highest BCUT2D eigenvalue weighted by molar-refractivity contribution is 7.93. The maximum Gasteiger partial charge on any atom is 0.286 e. The van der Waals surface area contributed by atoms with E-state index in [-0.39, 0.29) is 10.5 Å². The summed E-state index contributed by atoms with van der Waals surface area (Å²) < 4.78 is 18.6. The molecule has 0 fully saturated rings. The SMILES string of the molecule is Cn1cncc1C#Cc1cncc(C(=O)N=S(C)(=O)c2cc(Cl)cc(Cl)c2)c1. The Hall–Kier alpha value is -2.66. The van der Waals surface area contributed by atoms with Crippen molar-refractivity contribution in [3.8, 4) is 11.8 Å². The molecule has 9 heteroatoms. The Morgan fingerprint density at radius 3 is 2.43 bits per heavy atom. The number of nitrogens with zero attached hydrogens (tertiary/aromatic N) is 4. The van der Waals surface area contributed by atoms with Gasteiger partial charge in [-0.15, -0.1) is 0 Å². The molecule has 6 nitrogen and oxygen atoms in total. The van der Waals surface area contributed by atoms with E-state index >= 15 is 0 Å². The third kappa shape index (κ3) is 4.78. The van der Waals surface area contributed by atoms with Crippen molar-refractivity contribution in [2.24, 2.45) is 11.4 Å². The third-order valence-corrected chi connectivity index (χ3v) is 5.73. The van der Waals surface area contributed by atoms with Crippen LogP contribution in [-0.2, 0) is 16.8 Å². The number of aromatic nitrogens is 3. The van der Waals surface area contributed by atoms with Crippen molar-refractivity contribution in [1.82, 2.24) is 14.5 Å². The first-order valence-electron chi connectivity index (χ1n) is 7.90. The van der Waals surface area contributed by atoms with Gasteiger partial charge in [-0.3, -0.25) is 9.78 Å². The molecule has 142 valence electrons. The van der Waals surface area contributed by atoms with Gasteiger partial charge in [0, 0.05) is 41.3 Å². The number of halogens is 2. The lowest BCUT2D eigenvalue weighted by molar-refractivity contribution is 0.100. The van der Waals surface area contributed by atoms with Gasteiger partial charge < -0.3 is 4.57 Å². The first-order valence-corrected chi connectivity index (χ1v) is 10.6. The molecule has 0 spiro atoms. The van der Waals surface area contributed by atoms with Crippen LogP contribution in [0.1, 0.15) is 21.6 Å². The molecule has 0 aliphatic rings. The lowest BCUT2D eigenvalue weighted by atomic mass is 10.2. The second-order valence-electron chi connectivity index (χ2n) is 5.91. The monoisotopic (exact) mass is 432 g/mol. The summed E-state index contributed by atoms with van der Waals surface area (Å²) in [6, 6.07) is 6.00. The van der Waals surface area contributed by atoms with Crippen molar-refractivity contribution in [2.45, 2.75) is 4.90 Å². The molecule has 0 aliphatic carbocycles. The van der Waals surface area contributed by atoms with Crippen molar-refractivity contribution >= 4 is 38.8 Å². The van der Waals surface area contributed by atoms with E-state index in [9.17, 15) is 9.00 Å². The zero-order chi connectivity index (χ0) is 20.3. The van der Waals surface area contributed by atoms with Gasteiger partial charge in [-0.05, 0) is 30.2 Å². The topological polar surface area (TPSA) is 77.2 Å². The van der Waals surface area contributed by atoms with Crippen LogP contribution in [0.2, 0.25) is 10.0 Å². The number of aryl methyl sites for hydroxylation is 1. The van der Waals surface area contributed by atoms with Crippen molar-refractivity contribution in [3.63, 3.8) is 0 Å². The van der Waals surface area contributed by atoms with E-state index in [0.29, 0.717) is 15.6 Å². The van der Waals surface area contributed by atoms with Crippen LogP contribution in [-0.4, -0.2) is 30.9 Å². The fourth-order valence-electron chi connectivity index (χ4n) is 2.25. The molecule has 1 atom stereocenters. The highest BCUT2D eigenvalue weighted by atomic mass is 35.5. The molecule has 0 N–H and O–H groups in total. The number of rotatable bonds is 2. The lowest BCUT2D eigenvalue weighted by Crippen LogP contribution is -2.04. The van der Waals surface area contributed by atoms with Gasteiger partial charge in [-0.25, -0.2) is 9.19 Å². The zero-order valence-corrected chi connectivity index (χ0v) is 17.2. The predicted molar refractivity (Wildman–Crippen MR) is 109 cm³/mol. The first kappa shape index (κ1) is 20.1. The third-order valence-electron chi connectivity index (χ3n) is 3.67. The number of imidazole rings is 1.